The normalized spacial score (nSPS) is 16.2. The minimum absolute atomic E-state index is 0.181. The van der Waals surface area contributed by atoms with Crippen LogP contribution in [-0.4, -0.2) is 29.1 Å². The molecule has 1 N–H and O–H groups in total. The quantitative estimate of drug-likeness (QED) is 0.913. The highest BCUT2D eigenvalue weighted by Gasteiger charge is 2.24. The van der Waals surface area contributed by atoms with Crippen LogP contribution in [0.25, 0.3) is 0 Å². The first-order valence-electron chi connectivity index (χ1n) is 7.98. The standard InChI is InChI=1S/C19H21NO3/c21-19(22)16-9-11-20(12-10-16)14-15-5-4-8-18(13-15)23-17-6-2-1-3-7-17/h1-8,13,16H,9-12,14H2,(H,21,22). The molecule has 0 atom stereocenters. The van der Waals surface area contributed by atoms with Gasteiger partial charge in [0.25, 0.3) is 0 Å². The molecule has 1 heterocycles. The summed E-state index contributed by atoms with van der Waals surface area (Å²) in [5.41, 5.74) is 1.19. The molecule has 1 saturated heterocycles. The van der Waals surface area contributed by atoms with Crippen LogP contribution in [0.3, 0.4) is 0 Å². The number of carboxylic acids is 1. The molecule has 4 nitrogen and oxygen atoms in total. The average molecular weight is 311 g/mol. The van der Waals surface area contributed by atoms with E-state index >= 15 is 0 Å². The fourth-order valence-electron chi connectivity index (χ4n) is 2.93. The van der Waals surface area contributed by atoms with Gasteiger partial charge in [-0.2, -0.15) is 0 Å². The number of carbonyl (C=O) groups is 1. The Morgan fingerprint density at radius 2 is 1.74 bits per heavy atom. The molecular formula is C19H21NO3. The van der Waals surface area contributed by atoms with E-state index in [1.807, 2.05) is 42.5 Å². The maximum Gasteiger partial charge on any atom is 0.306 e. The SMILES string of the molecule is O=C(O)C1CCN(Cc2cccc(Oc3ccccc3)c2)CC1. The van der Waals surface area contributed by atoms with Gasteiger partial charge >= 0.3 is 5.97 Å². The summed E-state index contributed by atoms with van der Waals surface area (Å²) in [5.74, 6) is 0.808. The summed E-state index contributed by atoms with van der Waals surface area (Å²) in [6.45, 7) is 2.50. The molecule has 0 radical (unpaired) electrons. The minimum Gasteiger partial charge on any atom is -0.481 e. The number of hydrogen-bond acceptors (Lipinski definition) is 3. The van der Waals surface area contributed by atoms with Crippen molar-refractivity contribution in [2.24, 2.45) is 5.92 Å². The number of ether oxygens (including phenoxy) is 1. The molecule has 1 fully saturated rings. The number of para-hydroxylation sites is 1. The molecule has 2 aromatic carbocycles. The zero-order valence-electron chi connectivity index (χ0n) is 13.0. The number of hydrogen-bond donors (Lipinski definition) is 1. The Morgan fingerprint density at radius 3 is 2.43 bits per heavy atom. The molecule has 23 heavy (non-hydrogen) atoms. The summed E-state index contributed by atoms with van der Waals surface area (Å²) in [5, 5.41) is 9.06. The van der Waals surface area contributed by atoms with Gasteiger partial charge in [-0.3, -0.25) is 9.69 Å². The van der Waals surface area contributed by atoms with E-state index in [9.17, 15) is 4.79 Å². The third kappa shape index (κ3) is 4.33. The van der Waals surface area contributed by atoms with E-state index < -0.39 is 5.97 Å². The van der Waals surface area contributed by atoms with Crippen molar-refractivity contribution in [2.45, 2.75) is 19.4 Å². The van der Waals surface area contributed by atoms with E-state index in [-0.39, 0.29) is 5.92 Å². The number of rotatable bonds is 5. The zero-order chi connectivity index (χ0) is 16.1. The lowest BCUT2D eigenvalue weighted by molar-refractivity contribution is -0.143. The summed E-state index contributed by atoms with van der Waals surface area (Å²) in [6, 6.07) is 17.8. The fraction of sp³-hybridized carbons (Fsp3) is 0.316. The van der Waals surface area contributed by atoms with Gasteiger partial charge in [-0.25, -0.2) is 0 Å². The highest BCUT2D eigenvalue weighted by molar-refractivity contribution is 5.70. The summed E-state index contributed by atoms with van der Waals surface area (Å²) in [7, 11) is 0. The highest BCUT2D eigenvalue weighted by Crippen LogP contribution is 2.24. The van der Waals surface area contributed by atoms with Crippen molar-refractivity contribution in [1.82, 2.24) is 4.90 Å². The van der Waals surface area contributed by atoms with Crippen LogP contribution in [0.5, 0.6) is 11.5 Å². The molecular weight excluding hydrogens is 290 g/mol. The predicted octanol–water partition coefficient (Wildman–Crippen LogP) is 3.78. The van der Waals surface area contributed by atoms with Crippen molar-refractivity contribution in [1.29, 1.82) is 0 Å². The molecule has 0 aliphatic carbocycles. The maximum absolute atomic E-state index is 11.0. The van der Waals surface area contributed by atoms with Crippen molar-refractivity contribution >= 4 is 5.97 Å². The van der Waals surface area contributed by atoms with E-state index in [1.165, 1.54) is 5.56 Å². The number of aliphatic carboxylic acids is 1. The van der Waals surface area contributed by atoms with Gasteiger partial charge in [0.2, 0.25) is 0 Å². The molecule has 2 aromatic rings. The monoisotopic (exact) mass is 311 g/mol. The Labute approximate surface area is 136 Å². The Morgan fingerprint density at radius 1 is 1.04 bits per heavy atom. The van der Waals surface area contributed by atoms with Gasteiger partial charge in [0, 0.05) is 6.54 Å². The van der Waals surface area contributed by atoms with Crippen molar-refractivity contribution in [2.75, 3.05) is 13.1 Å². The molecule has 4 heteroatoms. The summed E-state index contributed by atoms with van der Waals surface area (Å²) >= 11 is 0. The number of benzene rings is 2. The lowest BCUT2D eigenvalue weighted by Crippen LogP contribution is -2.35. The molecule has 120 valence electrons. The van der Waals surface area contributed by atoms with Gasteiger partial charge in [0.1, 0.15) is 11.5 Å². The van der Waals surface area contributed by atoms with E-state index in [0.717, 1.165) is 44.0 Å². The molecule has 0 amide bonds. The molecule has 1 aliphatic rings. The molecule has 3 rings (SSSR count). The number of nitrogens with zero attached hydrogens (tertiary/aromatic N) is 1. The molecule has 0 spiro atoms. The lowest BCUT2D eigenvalue weighted by Gasteiger charge is -2.30. The topological polar surface area (TPSA) is 49.8 Å². The largest absolute Gasteiger partial charge is 0.481 e. The second kappa shape index (κ2) is 7.29. The molecule has 1 aliphatic heterocycles. The van der Waals surface area contributed by atoms with Crippen LogP contribution >= 0.6 is 0 Å². The third-order valence-electron chi connectivity index (χ3n) is 4.22. The van der Waals surface area contributed by atoms with E-state index in [1.54, 1.807) is 0 Å². The van der Waals surface area contributed by atoms with Crippen LogP contribution in [-0.2, 0) is 11.3 Å². The molecule has 0 aromatic heterocycles. The zero-order valence-corrected chi connectivity index (χ0v) is 13.0. The van der Waals surface area contributed by atoms with Crippen LogP contribution in [0.2, 0.25) is 0 Å². The van der Waals surface area contributed by atoms with Crippen LogP contribution in [0.15, 0.2) is 54.6 Å². The predicted molar refractivity (Wildman–Crippen MR) is 88.6 cm³/mol. The fourth-order valence-corrected chi connectivity index (χ4v) is 2.93. The Kier molecular flexibility index (Phi) is 4.93. The van der Waals surface area contributed by atoms with E-state index in [2.05, 4.69) is 17.0 Å². The third-order valence-corrected chi connectivity index (χ3v) is 4.22. The van der Waals surface area contributed by atoms with Gasteiger partial charge in [-0.15, -0.1) is 0 Å². The Balaban J connectivity index is 1.59. The number of carboxylic acid groups (broad SMARTS) is 1. The van der Waals surface area contributed by atoms with Gasteiger partial charge in [0.15, 0.2) is 0 Å². The van der Waals surface area contributed by atoms with Crippen LogP contribution in [0.4, 0.5) is 0 Å². The highest BCUT2D eigenvalue weighted by atomic mass is 16.5. The Bertz CT molecular complexity index is 649. The van der Waals surface area contributed by atoms with Crippen molar-refractivity contribution in [3.05, 3.63) is 60.2 Å². The first kappa shape index (κ1) is 15.6. The Hall–Kier alpha value is -2.33. The van der Waals surface area contributed by atoms with Gasteiger partial charge < -0.3 is 9.84 Å². The van der Waals surface area contributed by atoms with Gasteiger partial charge in [-0.05, 0) is 55.8 Å². The van der Waals surface area contributed by atoms with Gasteiger partial charge in [0.05, 0.1) is 5.92 Å². The summed E-state index contributed by atoms with van der Waals surface area (Å²) in [6.07, 6.45) is 1.46. The van der Waals surface area contributed by atoms with Gasteiger partial charge in [-0.1, -0.05) is 30.3 Å². The summed E-state index contributed by atoms with van der Waals surface area (Å²) < 4.78 is 5.86. The maximum atomic E-state index is 11.0. The average Bonchev–Trinajstić information content (AvgIpc) is 2.57. The summed E-state index contributed by atoms with van der Waals surface area (Å²) in [4.78, 5) is 13.3. The second-order valence-corrected chi connectivity index (χ2v) is 5.95. The first-order chi connectivity index (χ1) is 11.2. The number of likely N-dealkylation sites (tertiary alicyclic amines) is 1. The van der Waals surface area contributed by atoms with Crippen LogP contribution < -0.4 is 4.74 Å². The molecule has 0 unspecified atom stereocenters. The number of piperidine rings is 1. The smallest absolute Gasteiger partial charge is 0.306 e. The van der Waals surface area contributed by atoms with Crippen molar-refractivity contribution < 1.29 is 14.6 Å². The molecule has 0 bridgehead atoms. The first-order valence-corrected chi connectivity index (χ1v) is 7.98. The van der Waals surface area contributed by atoms with Crippen molar-refractivity contribution in [3.8, 4) is 11.5 Å². The van der Waals surface area contributed by atoms with Crippen molar-refractivity contribution in [3.63, 3.8) is 0 Å². The lowest BCUT2D eigenvalue weighted by atomic mass is 9.97. The van der Waals surface area contributed by atoms with Crippen LogP contribution in [0, 0.1) is 5.92 Å². The van der Waals surface area contributed by atoms with E-state index in [0.29, 0.717) is 0 Å². The second-order valence-electron chi connectivity index (χ2n) is 5.95. The molecule has 0 saturated carbocycles. The van der Waals surface area contributed by atoms with Crippen LogP contribution in [0.1, 0.15) is 18.4 Å². The minimum atomic E-state index is -0.664. The van der Waals surface area contributed by atoms with E-state index in [4.69, 9.17) is 9.84 Å².